The maximum Gasteiger partial charge on any atom is 0.138 e. The average molecular weight is 185 g/mol. The van der Waals surface area contributed by atoms with Crippen LogP contribution in [0.3, 0.4) is 0 Å². The molecule has 3 rings (SSSR count). The summed E-state index contributed by atoms with van der Waals surface area (Å²) >= 11 is 0. The Bertz CT molecular complexity index is 551. The molecule has 0 saturated heterocycles. The van der Waals surface area contributed by atoms with Gasteiger partial charge in [-0.3, -0.25) is 0 Å². The Morgan fingerprint density at radius 2 is 2.36 bits per heavy atom. The van der Waals surface area contributed by atoms with Crippen molar-refractivity contribution in [1.82, 2.24) is 24.7 Å². The van der Waals surface area contributed by atoms with Crippen molar-refractivity contribution in [3.05, 3.63) is 37.2 Å². The third kappa shape index (κ3) is 0.990. The van der Waals surface area contributed by atoms with Gasteiger partial charge in [-0.05, 0) is 12.1 Å². The van der Waals surface area contributed by atoms with Crippen molar-refractivity contribution in [1.29, 1.82) is 0 Å². The van der Waals surface area contributed by atoms with E-state index in [-0.39, 0.29) is 0 Å². The molecule has 0 fully saturated rings. The number of nitrogens with one attached hydrogen (secondary N) is 1. The van der Waals surface area contributed by atoms with Gasteiger partial charge in [-0.15, -0.1) is 0 Å². The van der Waals surface area contributed by atoms with Crippen molar-refractivity contribution in [2.75, 3.05) is 0 Å². The first-order chi connectivity index (χ1) is 6.93. The number of rotatable bonds is 1. The fourth-order valence-electron chi connectivity index (χ4n) is 1.40. The van der Waals surface area contributed by atoms with E-state index in [1.165, 1.54) is 6.33 Å². The van der Waals surface area contributed by atoms with Gasteiger partial charge in [0, 0.05) is 11.6 Å². The van der Waals surface area contributed by atoms with E-state index in [0.717, 1.165) is 16.7 Å². The lowest BCUT2D eigenvalue weighted by atomic mass is 10.3. The highest BCUT2D eigenvalue weighted by Gasteiger charge is 2.00. The van der Waals surface area contributed by atoms with Crippen molar-refractivity contribution < 1.29 is 0 Å². The van der Waals surface area contributed by atoms with Gasteiger partial charge in [0.1, 0.15) is 18.3 Å². The first kappa shape index (κ1) is 7.25. The fraction of sp³-hybridized carbons (Fsp3) is 0. The van der Waals surface area contributed by atoms with Crippen LogP contribution in [0.25, 0.3) is 16.7 Å². The summed E-state index contributed by atoms with van der Waals surface area (Å²) in [6, 6.07) is 3.98. The van der Waals surface area contributed by atoms with Crippen LogP contribution in [-0.2, 0) is 0 Å². The van der Waals surface area contributed by atoms with Gasteiger partial charge < -0.3 is 4.98 Å². The molecular weight excluding hydrogens is 178 g/mol. The number of aromatic nitrogens is 5. The molecule has 5 heteroatoms. The third-order valence-corrected chi connectivity index (χ3v) is 2.07. The molecule has 0 aliphatic rings. The lowest BCUT2D eigenvalue weighted by Crippen LogP contribution is -1.94. The molecule has 0 atom stereocenters. The minimum atomic E-state index is 0.883. The van der Waals surface area contributed by atoms with Crippen molar-refractivity contribution in [2.45, 2.75) is 0 Å². The maximum absolute atomic E-state index is 4.25. The van der Waals surface area contributed by atoms with Crippen LogP contribution < -0.4 is 0 Å². The first-order valence-corrected chi connectivity index (χ1v) is 4.21. The topological polar surface area (TPSA) is 59.4 Å². The Morgan fingerprint density at radius 1 is 1.36 bits per heavy atom. The third-order valence-electron chi connectivity index (χ3n) is 2.07. The molecule has 0 aliphatic heterocycles. The molecule has 3 heterocycles. The van der Waals surface area contributed by atoms with E-state index in [4.69, 9.17) is 0 Å². The number of hydrogen-bond acceptors (Lipinski definition) is 3. The molecule has 5 nitrogen and oxygen atoms in total. The van der Waals surface area contributed by atoms with Crippen LogP contribution in [0, 0.1) is 0 Å². The molecule has 0 bridgehead atoms. The number of H-pyrrole nitrogens is 1. The standard InChI is InChI=1S/C9H7N5/c1-2-11-9-7(1)3-8(4-12-9)14-6-10-5-13-14/h1-6H,(H,11,12). The largest absolute Gasteiger partial charge is 0.346 e. The van der Waals surface area contributed by atoms with Gasteiger partial charge in [0.25, 0.3) is 0 Å². The highest BCUT2D eigenvalue weighted by Crippen LogP contribution is 2.13. The van der Waals surface area contributed by atoms with Crippen LogP contribution in [0.1, 0.15) is 0 Å². The van der Waals surface area contributed by atoms with Crippen molar-refractivity contribution >= 4 is 11.0 Å². The number of hydrogen-bond donors (Lipinski definition) is 1. The predicted molar refractivity (Wildman–Crippen MR) is 51.0 cm³/mol. The Morgan fingerprint density at radius 3 is 3.21 bits per heavy atom. The van der Waals surface area contributed by atoms with E-state index >= 15 is 0 Å². The summed E-state index contributed by atoms with van der Waals surface area (Å²) in [5.74, 6) is 0. The minimum absolute atomic E-state index is 0.883. The Hall–Kier alpha value is -2.17. The molecule has 0 aliphatic carbocycles. The summed E-state index contributed by atoms with van der Waals surface area (Å²) in [5.41, 5.74) is 1.79. The monoisotopic (exact) mass is 185 g/mol. The molecule has 68 valence electrons. The maximum atomic E-state index is 4.25. The molecular formula is C9H7N5. The summed E-state index contributed by atoms with van der Waals surface area (Å²) < 4.78 is 1.68. The Labute approximate surface area is 79.4 Å². The zero-order chi connectivity index (χ0) is 9.38. The van der Waals surface area contributed by atoms with Gasteiger partial charge in [-0.25, -0.2) is 14.6 Å². The van der Waals surface area contributed by atoms with E-state index in [0.29, 0.717) is 0 Å². The van der Waals surface area contributed by atoms with E-state index < -0.39 is 0 Å². The quantitative estimate of drug-likeness (QED) is 0.618. The molecule has 1 N–H and O–H groups in total. The lowest BCUT2D eigenvalue weighted by Gasteiger charge is -1.98. The number of fused-ring (bicyclic) bond motifs is 1. The number of nitrogens with zero attached hydrogens (tertiary/aromatic N) is 4. The lowest BCUT2D eigenvalue weighted by molar-refractivity contribution is 0.875. The van der Waals surface area contributed by atoms with Gasteiger partial charge >= 0.3 is 0 Å². The summed E-state index contributed by atoms with van der Waals surface area (Å²) in [7, 11) is 0. The molecule has 0 spiro atoms. The number of pyridine rings is 1. The Kier molecular flexibility index (Phi) is 1.38. The SMILES string of the molecule is c1ncn(-c2cnc3[nH]ccc3c2)n1. The average Bonchev–Trinajstić information content (AvgIpc) is 2.88. The molecule has 0 unspecified atom stereocenters. The van der Waals surface area contributed by atoms with Crippen molar-refractivity contribution in [3.8, 4) is 5.69 Å². The molecule has 3 aromatic heterocycles. The van der Waals surface area contributed by atoms with Gasteiger partial charge in [0.2, 0.25) is 0 Å². The summed E-state index contributed by atoms with van der Waals surface area (Å²) in [6.07, 6.45) is 6.77. The van der Waals surface area contributed by atoms with Gasteiger partial charge in [0.05, 0.1) is 11.9 Å². The summed E-state index contributed by atoms with van der Waals surface area (Å²) in [6.45, 7) is 0. The van der Waals surface area contributed by atoms with Crippen molar-refractivity contribution in [2.24, 2.45) is 0 Å². The highest BCUT2D eigenvalue weighted by molar-refractivity contribution is 5.77. The van der Waals surface area contributed by atoms with Gasteiger partial charge in [0.15, 0.2) is 0 Å². The van der Waals surface area contributed by atoms with E-state index in [2.05, 4.69) is 20.1 Å². The molecule has 14 heavy (non-hydrogen) atoms. The van der Waals surface area contributed by atoms with Crippen LogP contribution >= 0.6 is 0 Å². The normalized spacial score (nSPS) is 10.9. The second kappa shape index (κ2) is 2.66. The fourth-order valence-corrected chi connectivity index (χ4v) is 1.40. The minimum Gasteiger partial charge on any atom is -0.346 e. The molecule has 0 radical (unpaired) electrons. The van der Waals surface area contributed by atoms with E-state index in [1.807, 2.05) is 18.3 Å². The van der Waals surface area contributed by atoms with Crippen LogP contribution in [0.15, 0.2) is 37.2 Å². The van der Waals surface area contributed by atoms with Crippen LogP contribution in [-0.4, -0.2) is 24.7 Å². The summed E-state index contributed by atoms with van der Waals surface area (Å²) in [5, 5.41) is 5.10. The van der Waals surface area contributed by atoms with Crippen LogP contribution in [0.5, 0.6) is 0 Å². The molecule has 0 aromatic carbocycles. The zero-order valence-corrected chi connectivity index (χ0v) is 7.25. The smallest absolute Gasteiger partial charge is 0.138 e. The van der Waals surface area contributed by atoms with Crippen LogP contribution in [0.2, 0.25) is 0 Å². The second-order valence-corrected chi connectivity index (χ2v) is 2.95. The van der Waals surface area contributed by atoms with E-state index in [1.54, 1.807) is 17.2 Å². The number of aromatic amines is 1. The molecule has 3 aromatic rings. The van der Waals surface area contributed by atoms with Gasteiger partial charge in [-0.1, -0.05) is 0 Å². The summed E-state index contributed by atoms with van der Waals surface area (Å²) in [4.78, 5) is 11.2. The van der Waals surface area contributed by atoms with E-state index in [9.17, 15) is 0 Å². The molecule has 0 amide bonds. The van der Waals surface area contributed by atoms with Crippen molar-refractivity contribution in [3.63, 3.8) is 0 Å². The zero-order valence-electron chi connectivity index (χ0n) is 7.25. The predicted octanol–water partition coefficient (Wildman–Crippen LogP) is 1.14. The molecule has 0 saturated carbocycles. The van der Waals surface area contributed by atoms with Gasteiger partial charge in [-0.2, -0.15) is 5.10 Å². The second-order valence-electron chi connectivity index (χ2n) is 2.95. The Balaban J connectivity index is 2.23. The first-order valence-electron chi connectivity index (χ1n) is 4.21. The highest BCUT2D eigenvalue weighted by atomic mass is 15.3. The van der Waals surface area contributed by atoms with Crippen LogP contribution in [0.4, 0.5) is 0 Å².